The number of nitrogens with zero attached hydrogens (tertiary/aromatic N) is 1. The number of carboxylic acids is 1. The topological polar surface area (TPSA) is 49.8 Å². The summed E-state index contributed by atoms with van der Waals surface area (Å²) in [7, 11) is 1.65. The molecule has 1 atom stereocenters. The van der Waals surface area contributed by atoms with Crippen molar-refractivity contribution in [2.24, 2.45) is 5.92 Å². The van der Waals surface area contributed by atoms with Crippen LogP contribution < -0.4 is 4.74 Å². The Morgan fingerprint density at radius 1 is 1.61 bits per heavy atom. The number of carboxylic acid groups (broad SMARTS) is 1. The zero-order chi connectivity index (χ0) is 13.1. The zero-order valence-corrected chi connectivity index (χ0v) is 11.8. The molecule has 0 aliphatic carbocycles. The zero-order valence-electron chi connectivity index (χ0n) is 10.2. The van der Waals surface area contributed by atoms with Gasteiger partial charge in [-0.15, -0.1) is 0 Å². The Kier molecular flexibility index (Phi) is 4.24. The third-order valence-corrected chi connectivity index (χ3v) is 3.75. The second-order valence-corrected chi connectivity index (χ2v) is 5.43. The van der Waals surface area contributed by atoms with E-state index in [0.29, 0.717) is 6.54 Å². The lowest BCUT2D eigenvalue weighted by molar-refractivity contribution is -0.141. The first-order valence-corrected chi connectivity index (χ1v) is 6.67. The van der Waals surface area contributed by atoms with E-state index >= 15 is 0 Å². The van der Waals surface area contributed by atoms with Crippen LogP contribution in [-0.2, 0) is 11.3 Å². The second kappa shape index (κ2) is 5.71. The molecule has 4 nitrogen and oxygen atoms in total. The Bertz CT molecular complexity index is 450. The maximum atomic E-state index is 10.9. The average molecular weight is 314 g/mol. The number of carbonyl (C=O) groups is 1. The number of likely N-dealkylation sites (tertiary alicyclic amines) is 1. The SMILES string of the molecule is COc1ccc(Br)cc1CN1CCC(C(=O)O)C1. The molecular formula is C13H16BrNO3. The van der Waals surface area contributed by atoms with Crippen molar-refractivity contribution < 1.29 is 14.6 Å². The highest BCUT2D eigenvalue weighted by Gasteiger charge is 2.28. The molecule has 1 aliphatic heterocycles. The van der Waals surface area contributed by atoms with Crippen molar-refractivity contribution in [2.45, 2.75) is 13.0 Å². The first-order valence-electron chi connectivity index (χ1n) is 5.87. The number of rotatable bonds is 4. The van der Waals surface area contributed by atoms with E-state index in [9.17, 15) is 4.79 Å². The van der Waals surface area contributed by atoms with Gasteiger partial charge in [0, 0.05) is 23.1 Å². The van der Waals surface area contributed by atoms with Crippen LogP contribution in [0.4, 0.5) is 0 Å². The van der Waals surface area contributed by atoms with Crippen LogP contribution in [0.15, 0.2) is 22.7 Å². The van der Waals surface area contributed by atoms with Crippen molar-refractivity contribution in [2.75, 3.05) is 20.2 Å². The maximum Gasteiger partial charge on any atom is 0.307 e. The number of hydrogen-bond acceptors (Lipinski definition) is 3. The van der Waals surface area contributed by atoms with Gasteiger partial charge in [0.25, 0.3) is 0 Å². The molecule has 1 heterocycles. The Balaban J connectivity index is 2.06. The molecular weight excluding hydrogens is 298 g/mol. The summed E-state index contributed by atoms with van der Waals surface area (Å²) in [6, 6.07) is 5.88. The average Bonchev–Trinajstić information content (AvgIpc) is 2.78. The molecule has 0 amide bonds. The summed E-state index contributed by atoms with van der Waals surface area (Å²) in [5.41, 5.74) is 1.08. The molecule has 0 spiro atoms. The van der Waals surface area contributed by atoms with E-state index in [1.807, 2.05) is 18.2 Å². The third kappa shape index (κ3) is 3.03. The summed E-state index contributed by atoms with van der Waals surface area (Å²) < 4.78 is 6.33. The van der Waals surface area contributed by atoms with Crippen LogP contribution >= 0.6 is 15.9 Å². The molecule has 2 rings (SSSR count). The third-order valence-electron chi connectivity index (χ3n) is 3.26. The molecule has 0 radical (unpaired) electrons. The molecule has 0 bridgehead atoms. The van der Waals surface area contributed by atoms with Crippen molar-refractivity contribution in [1.82, 2.24) is 4.90 Å². The number of halogens is 1. The van der Waals surface area contributed by atoms with Crippen molar-refractivity contribution >= 4 is 21.9 Å². The summed E-state index contributed by atoms with van der Waals surface area (Å²) >= 11 is 3.44. The van der Waals surface area contributed by atoms with Crippen LogP contribution in [0.5, 0.6) is 5.75 Å². The number of hydrogen-bond donors (Lipinski definition) is 1. The fourth-order valence-electron chi connectivity index (χ4n) is 2.29. The molecule has 5 heteroatoms. The van der Waals surface area contributed by atoms with E-state index < -0.39 is 5.97 Å². The minimum absolute atomic E-state index is 0.233. The second-order valence-electron chi connectivity index (χ2n) is 4.52. The Labute approximate surface area is 115 Å². The number of benzene rings is 1. The van der Waals surface area contributed by atoms with E-state index in [0.717, 1.165) is 35.3 Å². The molecule has 1 N–H and O–H groups in total. The number of aliphatic carboxylic acids is 1. The fourth-order valence-corrected chi connectivity index (χ4v) is 2.70. The summed E-state index contributed by atoms with van der Waals surface area (Å²) in [5.74, 6) is -0.0844. The standard InChI is InChI=1S/C13H16BrNO3/c1-18-12-3-2-11(14)6-10(12)8-15-5-4-9(7-15)13(16)17/h2-3,6,9H,4-5,7-8H2,1H3,(H,16,17). The van der Waals surface area contributed by atoms with Gasteiger partial charge in [-0.25, -0.2) is 0 Å². The Hall–Kier alpha value is -1.07. The van der Waals surface area contributed by atoms with E-state index in [1.165, 1.54) is 0 Å². The largest absolute Gasteiger partial charge is 0.496 e. The van der Waals surface area contributed by atoms with Gasteiger partial charge in [-0.05, 0) is 31.2 Å². The molecule has 1 aromatic rings. The summed E-state index contributed by atoms with van der Waals surface area (Å²) in [6.07, 6.45) is 0.728. The molecule has 1 fully saturated rings. The normalized spacial score (nSPS) is 20.0. The quantitative estimate of drug-likeness (QED) is 0.927. The van der Waals surface area contributed by atoms with Gasteiger partial charge in [-0.2, -0.15) is 0 Å². The highest BCUT2D eigenvalue weighted by Crippen LogP contribution is 2.26. The maximum absolute atomic E-state index is 10.9. The lowest BCUT2D eigenvalue weighted by atomic mass is 10.1. The molecule has 18 heavy (non-hydrogen) atoms. The van der Waals surface area contributed by atoms with E-state index in [-0.39, 0.29) is 5.92 Å². The van der Waals surface area contributed by atoms with Crippen LogP contribution in [0.25, 0.3) is 0 Å². The molecule has 1 aromatic carbocycles. The van der Waals surface area contributed by atoms with Crippen LogP contribution in [-0.4, -0.2) is 36.2 Å². The first kappa shape index (κ1) is 13.4. The highest BCUT2D eigenvalue weighted by atomic mass is 79.9. The Morgan fingerprint density at radius 3 is 3.00 bits per heavy atom. The first-order chi connectivity index (χ1) is 8.60. The van der Waals surface area contributed by atoms with Crippen LogP contribution in [0.2, 0.25) is 0 Å². The van der Waals surface area contributed by atoms with Gasteiger partial charge in [-0.1, -0.05) is 15.9 Å². The highest BCUT2D eigenvalue weighted by molar-refractivity contribution is 9.10. The fraction of sp³-hybridized carbons (Fsp3) is 0.462. The van der Waals surface area contributed by atoms with Gasteiger partial charge in [-0.3, -0.25) is 9.69 Å². The number of ether oxygens (including phenoxy) is 1. The van der Waals surface area contributed by atoms with Crippen LogP contribution in [0.3, 0.4) is 0 Å². The summed E-state index contributed by atoms with van der Waals surface area (Å²) in [5, 5.41) is 8.98. The van der Waals surface area contributed by atoms with E-state index in [1.54, 1.807) is 7.11 Å². The minimum atomic E-state index is -0.696. The van der Waals surface area contributed by atoms with Gasteiger partial charge in [0.1, 0.15) is 5.75 Å². The van der Waals surface area contributed by atoms with Crippen LogP contribution in [0, 0.1) is 5.92 Å². The predicted molar refractivity (Wildman–Crippen MR) is 71.7 cm³/mol. The van der Waals surface area contributed by atoms with Gasteiger partial charge < -0.3 is 9.84 Å². The van der Waals surface area contributed by atoms with Gasteiger partial charge >= 0.3 is 5.97 Å². The van der Waals surface area contributed by atoms with Gasteiger partial charge in [0.05, 0.1) is 13.0 Å². The Morgan fingerprint density at radius 2 is 2.39 bits per heavy atom. The predicted octanol–water partition coefficient (Wildman–Crippen LogP) is 2.36. The number of methoxy groups -OCH3 is 1. The van der Waals surface area contributed by atoms with Gasteiger partial charge in [0.15, 0.2) is 0 Å². The molecule has 0 aromatic heterocycles. The van der Waals surface area contributed by atoms with Crippen molar-refractivity contribution in [3.05, 3.63) is 28.2 Å². The smallest absolute Gasteiger partial charge is 0.307 e. The van der Waals surface area contributed by atoms with Crippen molar-refractivity contribution in [1.29, 1.82) is 0 Å². The van der Waals surface area contributed by atoms with Crippen LogP contribution in [0.1, 0.15) is 12.0 Å². The lowest BCUT2D eigenvalue weighted by Crippen LogP contribution is -2.23. The van der Waals surface area contributed by atoms with Gasteiger partial charge in [0.2, 0.25) is 0 Å². The molecule has 98 valence electrons. The lowest BCUT2D eigenvalue weighted by Gasteiger charge is -2.17. The van der Waals surface area contributed by atoms with E-state index in [2.05, 4.69) is 20.8 Å². The van der Waals surface area contributed by atoms with Crippen molar-refractivity contribution in [3.63, 3.8) is 0 Å². The summed E-state index contributed by atoms with van der Waals surface area (Å²) in [6.45, 7) is 2.17. The molecule has 0 saturated carbocycles. The minimum Gasteiger partial charge on any atom is -0.496 e. The van der Waals surface area contributed by atoms with E-state index in [4.69, 9.17) is 9.84 Å². The molecule has 1 saturated heterocycles. The monoisotopic (exact) mass is 313 g/mol. The summed E-state index contributed by atoms with van der Waals surface area (Å²) in [4.78, 5) is 13.1. The molecule has 1 unspecified atom stereocenters. The van der Waals surface area contributed by atoms with Crippen molar-refractivity contribution in [3.8, 4) is 5.75 Å². The molecule has 1 aliphatic rings.